The first-order valence-corrected chi connectivity index (χ1v) is 12.4. The molecular weight excluding hydrogens is 534 g/mol. The fourth-order valence-electron chi connectivity index (χ4n) is 3.51. The lowest BCUT2D eigenvalue weighted by atomic mass is 10.1. The fraction of sp³-hybridized carbons (Fsp3) is 0.0385. The number of thiazole rings is 1. The van der Waals surface area contributed by atoms with E-state index < -0.39 is 5.63 Å². The van der Waals surface area contributed by atoms with Gasteiger partial charge in [0.2, 0.25) is 4.80 Å². The molecule has 8 heteroatoms. The third-order valence-electron chi connectivity index (χ3n) is 5.17. The molecule has 0 fully saturated rings. The highest BCUT2D eigenvalue weighted by atomic mass is 79.9. The molecule has 0 N–H and O–H groups in total. The normalized spacial score (nSPS) is 12.1. The number of fused-ring (bicyclic) bond motifs is 1. The molecule has 5 aromatic rings. The van der Waals surface area contributed by atoms with E-state index in [0.717, 1.165) is 26.7 Å². The second-order valence-corrected chi connectivity index (χ2v) is 9.69. The van der Waals surface area contributed by atoms with E-state index in [0.29, 0.717) is 27.5 Å². The van der Waals surface area contributed by atoms with Crippen LogP contribution in [0.5, 0.6) is 0 Å². The summed E-state index contributed by atoms with van der Waals surface area (Å²) in [7, 11) is 0. The second-order valence-electron chi connectivity index (χ2n) is 7.50. The Hall–Kier alpha value is -3.26. The number of hydrogen-bond donors (Lipinski definition) is 0. The van der Waals surface area contributed by atoms with E-state index in [-0.39, 0.29) is 0 Å². The molecule has 0 amide bonds. The van der Waals surface area contributed by atoms with Crippen LogP contribution in [0, 0.1) is 0 Å². The minimum absolute atomic E-state index is 0.398. The highest BCUT2D eigenvalue weighted by Crippen LogP contribution is 2.25. The smallest absolute Gasteiger partial charge is 0.345 e. The molecule has 0 bridgehead atoms. The maximum atomic E-state index is 12.9. The van der Waals surface area contributed by atoms with Gasteiger partial charge in [0, 0.05) is 20.3 Å². The first kappa shape index (κ1) is 22.5. The van der Waals surface area contributed by atoms with Gasteiger partial charge in [-0.1, -0.05) is 70.0 Å². The van der Waals surface area contributed by atoms with Crippen molar-refractivity contribution >= 4 is 56.1 Å². The zero-order valence-corrected chi connectivity index (χ0v) is 20.8. The van der Waals surface area contributed by atoms with Crippen molar-refractivity contribution in [3.05, 3.63) is 120 Å². The molecule has 34 heavy (non-hydrogen) atoms. The summed E-state index contributed by atoms with van der Waals surface area (Å²) in [5, 5.41) is 12.1. The maximum Gasteiger partial charge on any atom is 0.345 e. The van der Waals surface area contributed by atoms with Crippen molar-refractivity contribution in [2.24, 2.45) is 10.2 Å². The number of aromatic nitrogens is 1. The monoisotopic (exact) mass is 549 g/mol. The van der Waals surface area contributed by atoms with Gasteiger partial charge in [0.05, 0.1) is 24.0 Å². The first-order chi connectivity index (χ1) is 16.6. The Bertz CT molecular complexity index is 1620. The molecule has 0 saturated carbocycles. The van der Waals surface area contributed by atoms with Crippen LogP contribution in [0.25, 0.3) is 22.2 Å². The van der Waals surface area contributed by atoms with Crippen molar-refractivity contribution in [3.63, 3.8) is 0 Å². The lowest BCUT2D eigenvalue weighted by Gasteiger charge is -2.09. The topological polar surface area (TPSA) is 59.9 Å². The summed E-state index contributed by atoms with van der Waals surface area (Å²) in [5.74, 6) is 0. The number of benzene rings is 3. The van der Waals surface area contributed by atoms with E-state index in [4.69, 9.17) is 16.0 Å². The summed E-state index contributed by atoms with van der Waals surface area (Å²) in [4.78, 5) is 13.6. The van der Waals surface area contributed by atoms with E-state index in [1.165, 1.54) is 11.3 Å². The summed E-state index contributed by atoms with van der Waals surface area (Å²) in [6.07, 6.45) is 1.67. The Morgan fingerprint density at radius 3 is 2.62 bits per heavy atom. The Morgan fingerprint density at radius 2 is 1.82 bits per heavy atom. The van der Waals surface area contributed by atoms with Crippen LogP contribution < -0.4 is 10.4 Å². The van der Waals surface area contributed by atoms with Gasteiger partial charge in [-0.15, -0.1) is 16.4 Å². The first-order valence-electron chi connectivity index (χ1n) is 10.4. The molecule has 0 aliphatic heterocycles. The van der Waals surface area contributed by atoms with Gasteiger partial charge >= 0.3 is 5.63 Å². The Kier molecular flexibility index (Phi) is 6.58. The molecule has 2 aromatic heterocycles. The van der Waals surface area contributed by atoms with Gasteiger partial charge in [-0.25, -0.2) is 4.79 Å². The van der Waals surface area contributed by atoms with Crippen molar-refractivity contribution in [3.8, 4) is 11.3 Å². The SMILES string of the molecule is O=c1oc2ccc(Br)cc2cc1-c1cs/c(=N\N=C\c2ccc(Cl)cc2)n1Cc1ccccc1. The van der Waals surface area contributed by atoms with Crippen LogP contribution in [0.15, 0.2) is 108 Å². The van der Waals surface area contributed by atoms with Crippen LogP contribution in [0.4, 0.5) is 0 Å². The van der Waals surface area contributed by atoms with Gasteiger partial charge in [0.1, 0.15) is 5.58 Å². The molecule has 0 radical (unpaired) electrons. The lowest BCUT2D eigenvalue weighted by molar-refractivity contribution is 0.562. The average Bonchev–Trinajstić information content (AvgIpc) is 3.23. The van der Waals surface area contributed by atoms with Crippen molar-refractivity contribution in [1.82, 2.24) is 4.57 Å². The standard InChI is InChI=1S/C26H17BrClN3O2S/c27-20-8-11-24-19(12-20)13-22(25(32)33-24)23-16-34-26(31(23)15-18-4-2-1-3-5-18)30-29-14-17-6-9-21(28)10-7-17/h1-14,16H,15H2/b29-14+,30-26-. The predicted molar refractivity (Wildman–Crippen MR) is 142 cm³/mol. The Morgan fingerprint density at radius 1 is 1.03 bits per heavy atom. The van der Waals surface area contributed by atoms with Gasteiger partial charge in [-0.2, -0.15) is 5.10 Å². The number of nitrogens with zero attached hydrogens (tertiary/aromatic N) is 3. The van der Waals surface area contributed by atoms with Crippen molar-refractivity contribution < 1.29 is 4.42 Å². The highest BCUT2D eigenvalue weighted by Gasteiger charge is 2.15. The quantitative estimate of drug-likeness (QED) is 0.139. The summed E-state index contributed by atoms with van der Waals surface area (Å²) in [6.45, 7) is 0.533. The van der Waals surface area contributed by atoms with Gasteiger partial charge in [0.15, 0.2) is 0 Å². The molecule has 0 aliphatic rings. The van der Waals surface area contributed by atoms with Crippen LogP contribution in [0.2, 0.25) is 5.02 Å². The van der Waals surface area contributed by atoms with Gasteiger partial charge in [-0.05, 0) is 47.5 Å². The highest BCUT2D eigenvalue weighted by molar-refractivity contribution is 9.10. The number of halogens is 2. The number of rotatable bonds is 5. The second kappa shape index (κ2) is 9.93. The molecular formula is C26H17BrClN3O2S. The molecule has 5 nitrogen and oxygen atoms in total. The third kappa shape index (κ3) is 4.97. The minimum atomic E-state index is -0.398. The summed E-state index contributed by atoms with van der Waals surface area (Å²) in [5.41, 5.74) is 3.31. The predicted octanol–water partition coefficient (Wildman–Crippen LogP) is 6.72. The van der Waals surface area contributed by atoms with Crippen molar-refractivity contribution in [1.29, 1.82) is 0 Å². The molecule has 0 spiro atoms. The molecule has 168 valence electrons. The largest absolute Gasteiger partial charge is 0.422 e. The summed E-state index contributed by atoms with van der Waals surface area (Å²) >= 11 is 10.9. The van der Waals surface area contributed by atoms with E-state index in [9.17, 15) is 4.79 Å². The molecule has 3 aromatic carbocycles. The summed E-state index contributed by atoms with van der Waals surface area (Å²) in [6, 6.07) is 24.8. The van der Waals surface area contributed by atoms with Crippen molar-refractivity contribution in [2.45, 2.75) is 6.54 Å². The van der Waals surface area contributed by atoms with Crippen LogP contribution in [0.1, 0.15) is 11.1 Å². The zero-order chi connectivity index (χ0) is 23.5. The Labute approximate surface area is 212 Å². The molecule has 5 rings (SSSR count). The van der Waals surface area contributed by atoms with Crippen LogP contribution >= 0.6 is 38.9 Å². The van der Waals surface area contributed by atoms with Crippen LogP contribution in [0.3, 0.4) is 0 Å². The van der Waals surface area contributed by atoms with Gasteiger partial charge < -0.3 is 8.98 Å². The van der Waals surface area contributed by atoms with E-state index in [1.807, 2.05) is 70.6 Å². The Balaban J connectivity index is 1.62. The number of hydrogen-bond acceptors (Lipinski definition) is 5. The van der Waals surface area contributed by atoms with Crippen LogP contribution in [-0.4, -0.2) is 10.8 Å². The third-order valence-corrected chi connectivity index (χ3v) is 6.77. The van der Waals surface area contributed by atoms with Gasteiger partial charge in [0.25, 0.3) is 0 Å². The van der Waals surface area contributed by atoms with E-state index in [1.54, 1.807) is 24.4 Å². The molecule has 0 unspecified atom stereocenters. The van der Waals surface area contributed by atoms with Gasteiger partial charge in [-0.3, -0.25) is 0 Å². The average molecular weight is 551 g/mol. The molecule has 2 heterocycles. The molecule has 0 aliphatic carbocycles. The molecule has 0 atom stereocenters. The van der Waals surface area contributed by atoms with E-state index >= 15 is 0 Å². The van der Waals surface area contributed by atoms with Crippen molar-refractivity contribution in [2.75, 3.05) is 0 Å². The fourth-order valence-corrected chi connectivity index (χ4v) is 4.87. The summed E-state index contributed by atoms with van der Waals surface area (Å²) < 4.78 is 8.50. The van der Waals surface area contributed by atoms with Crippen LogP contribution in [-0.2, 0) is 6.54 Å². The minimum Gasteiger partial charge on any atom is -0.422 e. The molecule has 0 saturated heterocycles. The maximum absolute atomic E-state index is 12.9. The van der Waals surface area contributed by atoms with E-state index in [2.05, 4.69) is 26.1 Å². The lowest BCUT2D eigenvalue weighted by Crippen LogP contribution is -2.18. The zero-order valence-electron chi connectivity index (χ0n) is 17.7.